The fourth-order valence-corrected chi connectivity index (χ4v) is 3.41. The van der Waals surface area contributed by atoms with Gasteiger partial charge in [-0.2, -0.15) is 0 Å². The van der Waals surface area contributed by atoms with Gasteiger partial charge in [0.05, 0.1) is 15.9 Å². The second-order valence-corrected chi connectivity index (χ2v) is 7.38. The molecule has 1 N–H and O–H groups in total. The predicted octanol–water partition coefficient (Wildman–Crippen LogP) is 3.04. The highest BCUT2D eigenvalue weighted by Crippen LogP contribution is 2.26. The van der Waals surface area contributed by atoms with Gasteiger partial charge in [-0.15, -0.1) is 0 Å². The Morgan fingerprint density at radius 1 is 1.16 bits per heavy atom. The van der Waals surface area contributed by atoms with Gasteiger partial charge >= 0.3 is 12.0 Å². The minimum atomic E-state index is -0.920. The lowest BCUT2D eigenvalue weighted by Gasteiger charge is -2.26. The van der Waals surface area contributed by atoms with Crippen molar-refractivity contribution in [1.29, 1.82) is 0 Å². The molecule has 31 heavy (non-hydrogen) atoms. The summed E-state index contributed by atoms with van der Waals surface area (Å²) in [4.78, 5) is 49.4. The summed E-state index contributed by atoms with van der Waals surface area (Å²) in [5.74, 6) is -2.28. The lowest BCUT2D eigenvalue weighted by atomic mass is 10.1. The SMILES string of the molecule is CCOC(=O)COc1ccc(/C=C2\C(=O)NC(=O)N(c3ccc(F)cc3)C2=O)cc1I. The van der Waals surface area contributed by atoms with Gasteiger partial charge in [0.2, 0.25) is 0 Å². The molecule has 0 aromatic heterocycles. The average molecular weight is 538 g/mol. The van der Waals surface area contributed by atoms with E-state index in [1.165, 1.54) is 18.2 Å². The highest BCUT2D eigenvalue weighted by Gasteiger charge is 2.36. The van der Waals surface area contributed by atoms with Crippen LogP contribution in [0.5, 0.6) is 5.75 Å². The van der Waals surface area contributed by atoms with Crippen molar-refractivity contribution in [2.45, 2.75) is 6.92 Å². The van der Waals surface area contributed by atoms with Gasteiger partial charge in [-0.05, 0) is 77.6 Å². The van der Waals surface area contributed by atoms with E-state index < -0.39 is 29.6 Å². The van der Waals surface area contributed by atoms with Crippen LogP contribution in [0.15, 0.2) is 48.0 Å². The van der Waals surface area contributed by atoms with E-state index in [0.29, 0.717) is 14.9 Å². The van der Waals surface area contributed by atoms with Gasteiger partial charge in [-0.1, -0.05) is 6.07 Å². The number of hydrogen-bond acceptors (Lipinski definition) is 6. The minimum absolute atomic E-state index is 0.125. The molecule has 10 heteroatoms. The van der Waals surface area contributed by atoms with Gasteiger partial charge in [-0.25, -0.2) is 18.9 Å². The molecule has 1 heterocycles. The number of nitrogens with zero attached hydrogens (tertiary/aromatic N) is 1. The third-order valence-electron chi connectivity index (χ3n) is 4.10. The number of carbonyl (C=O) groups is 4. The average Bonchev–Trinajstić information content (AvgIpc) is 2.72. The van der Waals surface area contributed by atoms with E-state index in [2.05, 4.69) is 5.32 Å². The molecule has 2 aromatic rings. The monoisotopic (exact) mass is 538 g/mol. The number of nitrogens with one attached hydrogen (secondary N) is 1. The molecule has 0 spiro atoms. The van der Waals surface area contributed by atoms with Crippen molar-refractivity contribution in [3.63, 3.8) is 0 Å². The first-order valence-corrected chi connectivity index (χ1v) is 10.1. The maximum absolute atomic E-state index is 13.2. The maximum Gasteiger partial charge on any atom is 0.344 e. The van der Waals surface area contributed by atoms with Crippen LogP contribution < -0.4 is 15.0 Å². The van der Waals surface area contributed by atoms with Crippen molar-refractivity contribution in [2.75, 3.05) is 18.1 Å². The van der Waals surface area contributed by atoms with Crippen molar-refractivity contribution in [1.82, 2.24) is 5.32 Å². The number of rotatable bonds is 6. The Kier molecular flexibility index (Phi) is 7.00. The van der Waals surface area contributed by atoms with Crippen LogP contribution in [0, 0.1) is 9.39 Å². The molecule has 1 fully saturated rings. The number of anilines is 1. The minimum Gasteiger partial charge on any atom is -0.481 e. The number of urea groups is 1. The lowest BCUT2D eigenvalue weighted by molar-refractivity contribution is -0.145. The molecule has 1 saturated heterocycles. The highest BCUT2D eigenvalue weighted by atomic mass is 127. The fraction of sp³-hybridized carbons (Fsp3) is 0.143. The van der Waals surface area contributed by atoms with Crippen LogP contribution >= 0.6 is 22.6 Å². The van der Waals surface area contributed by atoms with Gasteiger partial charge in [0.15, 0.2) is 6.61 Å². The van der Waals surface area contributed by atoms with E-state index in [1.54, 1.807) is 25.1 Å². The highest BCUT2D eigenvalue weighted by molar-refractivity contribution is 14.1. The first kappa shape index (κ1) is 22.4. The summed E-state index contributed by atoms with van der Waals surface area (Å²) in [6.45, 7) is 1.69. The van der Waals surface area contributed by atoms with Crippen LogP contribution in [0.2, 0.25) is 0 Å². The summed E-state index contributed by atoms with van der Waals surface area (Å²) in [6, 6.07) is 8.64. The van der Waals surface area contributed by atoms with Crippen LogP contribution in [0.1, 0.15) is 12.5 Å². The third-order valence-corrected chi connectivity index (χ3v) is 4.95. The molecular weight excluding hydrogens is 522 g/mol. The molecule has 1 aliphatic heterocycles. The Bertz CT molecular complexity index is 1080. The Morgan fingerprint density at radius 2 is 1.87 bits per heavy atom. The van der Waals surface area contributed by atoms with Crippen LogP contribution in [0.4, 0.5) is 14.9 Å². The molecule has 0 aliphatic carbocycles. The zero-order chi connectivity index (χ0) is 22.5. The molecule has 0 saturated carbocycles. The Hall–Kier alpha value is -3.28. The number of esters is 1. The normalized spacial score (nSPS) is 15.1. The molecule has 8 nitrogen and oxygen atoms in total. The summed E-state index contributed by atoms with van der Waals surface area (Å²) >= 11 is 1.99. The second kappa shape index (κ2) is 9.69. The number of imide groups is 2. The van der Waals surface area contributed by atoms with E-state index in [0.717, 1.165) is 17.0 Å². The smallest absolute Gasteiger partial charge is 0.344 e. The predicted molar refractivity (Wildman–Crippen MR) is 117 cm³/mol. The number of hydrogen-bond donors (Lipinski definition) is 1. The third kappa shape index (κ3) is 5.26. The Morgan fingerprint density at radius 3 is 2.52 bits per heavy atom. The summed E-state index contributed by atoms with van der Waals surface area (Å²) in [6.07, 6.45) is 1.33. The summed E-state index contributed by atoms with van der Waals surface area (Å²) in [7, 11) is 0. The molecule has 160 valence electrons. The molecule has 1 aliphatic rings. The van der Waals surface area contributed by atoms with Gasteiger partial charge in [-0.3, -0.25) is 14.9 Å². The molecule has 0 unspecified atom stereocenters. The van der Waals surface area contributed by atoms with Crippen LogP contribution in [-0.2, 0) is 19.1 Å². The lowest BCUT2D eigenvalue weighted by Crippen LogP contribution is -2.54. The molecule has 0 radical (unpaired) electrons. The molecule has 0 atom stereocenters. The zero-order valence-electron chi connectivity index (χ0n) is 16.2. The number of barbiturate groups is 1. The van der Waals surface area contributed by atoms with Crippen molar-refractivity contribution >= 4 is 58.2 Å². The molecule has 3 rings (SSSR count). The van der Waals surface area contributed by atoms with Crippen molar-refractivity contribution in [3.05, 3.63) is 63.0 Å². The van der Waals surface area contributed by atoms with E-state index in [1.807, 2.05) is 22.6 Å². The van der Waals surface area contributed by atoms with E-state index in [-0.39, 0.29) is 24.5 Å². The van der Waals surface area contributed by atoms with Gasteiger partial charge in [0.1, 0.15) is 17.1 Å². The second-order valence-electron chi connectivity index (χ2n) is 6.22. The molecule has 2 aromatic carbocycles. The van der Waals surface area contributed by atoms with E-state index in [4.69, 9.17) is 9.47 Å². The molecular formula is C21H16FIN2O6. The number of benzene rings is 2. The van der Waals surface area contributed by atoms with Crippen molar-refractivity contribution in [3.8, 4) is 5.75 Å². The fourth-order valence-electron chi connectivity index (χ4n) is 2.71. The zero-order valence-corrected chi connectivity index (χ0v) is 18.3. The first-order valence-electron chi connectivity index (χ1n) is 9.05. The number of carbonyl (C=O) groups excluding carboxylic acids is 4. The van der Waals surface area contributed by atoms with Crippen molar-refractivity contribution < 1.29 is 33.0 Å². The van der Waals surface area contributed by atoms with Crippen LogP contribution in [0.3, 0.4) is 0 Å². The maximum atomic E-state index is 13.2. The molecule has 0 bridgehead atoms. The van der Waals surface area contributed by atoms with Crippen molar-refractivity contribution in [2.24, 2.45) is 0 Å². The quantitative estimate of drug-likeness (QED) is 0.263. The Balaban J connectivity index is 1.84. The van der Waals surface area contributed by atoms with Gasteiger partial charge in [0.25, 0.3) is 11.8 Å². The van der Waals surface area contributed by atoms with Gasteiger partial charge < -0.3 is 9.47 Å². The number of halogens is 2. The van der Waals surface area contributed by atoms with Crippen LogP contribution in [0.25, 0.3) is 6.08 Å². The number of amides is 4. The van der Waals surface area contributed by atoms with E-state index >= 15 is 0 Å². The topological polar surface area (TPSA) is 102 Å². The van der Waals surface area contributed by atoms with Crippen LogP contribution in [-0.4, -0.2) is 37.0 Å². The summed E-state index contributed by atoms with van der Waals surface area (Å²) in [5, 5.41) is 2.10. The van der Waals surface area contributed by atoms with Gasteiger partial charge in [0, 0.05) is 0 Å². The summed E-state index contributed by atoms with van der Waals surface area (Å²) < 4.78 is 24.0. The Labute approximate surface area is 190 Å². The summed E-state index contributed by atoms with van der Waals surface area (Å²) in [5.41, 5.74) is 0.360. The first-order chi connectivity index (χ1) is 14.8. The molecule has 4 amide bonds. The standard InChI is InChI=1S/C21H16FIN2O6/c1-2-30-18(26)11-31-17-8-3-12(10-16(17)23)9-15-19(27)24-21(29)25(20(15)28)14-6-4-13(22)5-7-14/h3-10H,2,11H2,1H3,(H,24,27,29)/b15-9+. The number of ether oxygens (including phenoxy) is 2. The van der Waals surface area contributed by atoms with E-state index in [9.17, 15) is 23.6 Å². The largest absolute Gasteiger partial charge is 0.481 e.